The van der Waals surface area contributed by atoms with Crippen LogP contribution in [0.4, 0.5) is 0 Å². The van der Waals surface area contributed by atoms with Gasteiger partial charge in [-0.05, 0) is 54.8 Å². The molecule has 0 aromatic rings. The van der Waals surface area contributed by atoms with Crippen LogP contribution in [-0.4, -0.2) is 41.6 Å². The largest absolute Gasteiger partial charge is 0.463 e. The van der Waals surface area contributed by atoms with Gasteiger partial charge < -0.3 is 19.3 Å². The average Bonchev–Trinajstić information content (AvgIpc) is 3.13. The van der Waals surface area contributed by atoms with E-state index in [0.717, 1.165) is 19.3 Å². The molecule has 1 unspecified atom stereocenters. The molecule has 0 radical (unpaired) electrons. The summed E-state index contributed by atoms with van der Waals surface area (Å²) in [6.45, 7) is 8.77. The zero-order valence-electron chi connectivity index (χ0n) is 17.3. The Morgan fingerprint density at radius 2 is 2.00 bits per heavy atom. The molecule has 0 aromatic carbocycles. The van der Waals surface area contributed by atoms with Crippen LogP contribution in [0.15, 0.2) is 11.6 Å². The molecule has 6 atom stereocenters. The molecule has 28 heavy (non-hydrogen) atoms. The van der Waals surface area contributed by atoms with E-state index in [1.807, 2.05) is 0 Å². The molecule has 156 valence electrons. The summed E-state index contributed by atoms with van der Waals surface area (Å²) in [6.07, 6.45) is 5.83. The van der Waals surface area contributed by atoms with E-state index in [2.05, 4.69) is 20.8 Å². The van der Waals surface area contributed by atoms with Crippen LogP contribution in [0.3, 0.4) is 0 Å². The van der Waals surface area contributed by atoms with Crippen molar-refractivity contribution in [1.82, 2.24) is 0 Å². The van der Waals surface area contributed by atoms with Crippen LogP contribution in [0.5, 0.6) is 0 Å². The molecule has 0 spiro atoms. The average molecular weight is 392 g/mol. The Kier molecular flexibility index (Phi) is 4.66. The van der Waals surface area contributed by atoms with Crippen molar-refractivity contribution in [3.05, 3.63) is 11.6 Å². The first kappa shape index (κ1) is 19.9. The second kappa shape index (κ2) is 6.56. The minimum atomic E-state index is -1.24. The van der Waals surface area contributed by atoms with Gasteiger partial charge >= 0.3 is 11.9 Å². The molecule has 4 aliphatic rings. The Balaban J connectivity index is 1.69. The van der Waals surface area contributed by atoms with Gasteiger partial charge in [0.15, 0.2) is 0 Å². The SMILES string of the molecule is CC(=O)OC[C@@]12CC[C@H]3C(C)(C)CCC[C@]3(C)[C@H]1C[C@@H](C1=CC(=O)OC1O)O2. The lowest BCUT2D eigenvalue weighted by molar-refractivity contribution is -0.190. The molecule has 2 saturated carbocycles. The van der Waals surface area contributed by atoms with Crippen LogP contribution in [0.1, 0.15) is 66.2 Å². The maximum absolute atomic E-state index is 11.6. The summed E-state index contributed by atoms with van der Waals surface area (Å²) in [5.41, 5.74) is 0.270. The molecule has 0 bridgehead atoms. The van der Waals surface area contributed by atoms with E-state index in [0.29, 0.717) is 17.9 Å². The summed E-state index contributed by atoms with van der Waals surface area (Å²) in [4.78, 5) is 23.2. The third-order valence-corrected chi connectivity index (χ3v) is 8.08. The number of hydrogen-bond donors (Lipinski definition) is 1. The fourth-order valence-electron chi connectivity index (χ4n) is 6.94. The van der Waals surface area contributed by atoms with E-state index >= 15 is 0 Å². The standard InChI is InChI=1S/C22H32O6/c1-13(23)26-12-22-9-6-16-20(2,3)7-5-8-21(16,4)17(22)11-15(28-22)14-10-18(24)27-19(14)25/h10,15-17,19,25H,5-9,11-12H2,1-4H3/t15-,16-,17+,19?,21-,22-/m0/s1. The van der Waals surface area contributed by atoms with Gasteiger partial charge in [0.2, 0.25) is 6.29 Å². The number of fused-ring (bicyclic) bond motifs is 3. The van der Waals surface area contributed by atoms with Gasteiger partial charge in [-0.25, -0.2) is 4.79 Å². The minimum Gasteiger partial charge on any atom is -0.463 e. The third-order valence-electron chi connectivity index (χ3n) is 8.08. The van der Waals surface area contributed by atoms with Gasteiger partial charge in [0.25, 0.3) is 0 Å². The minimum absolute atomic E-state index is 0.0733. The molecule has 2 heterocycles. The number of rotatable bonds is 3. The molecular formula is C22H32O6. The molecule has 1 saturated heterocycles. The van der Waals surface area contributed by atoms with Crippen molar-refractivity contribution in [2.24, 2.45) is 22.7 Å². The predicted octanol–water partition coefficient (Wildman–Crippen LogP) is 3.12. The van der Waals surface area contributed by atoms with Crippen LogP contribution < -0.4 is 0 Å². The number of hydrogen-bond acceptors (Lipinski definition) is 6. The summed E-state index contributed by atoms with van der Waals surface area (Å²) >= 11 is 0. The number of aliphatic hydroxyl groups excluding tert-OH is 1. The normalized spacial score (nSPS) is 44.3. The van der Waals surface area contributed by atoms with Crippen LogP contribution in [0, 0.1) is 22.7 Å². The van der Waals surface area contributed by atoms with E-state index < -0.39 is 17.9 Å². The first-order chi connectivity index (χ1) is 13.1. The summed E-state index contributed by atoms with van der Waals surface area (Å²) in [5, 5.41) is 10.2. The van der Waals surface area contributed by atoms with Gasteiger partial charge in [0.1, 0.15) is 12.2 Å². The van der Waals surface area contributed by atoms with Crippen LogP contribution in [-0.2, 0) is 23.8 Å². The number of carbonyl (C=O) groups is 2. The highest BCUT2D eigenvalue weighted by atomic mass is 16.6. The fraction of sp³-hybridized carbons (Fsp3) is 0.818. The lowest BCUT2D eigenvalue weighted by atomic mass is 9.45. The van der Waals surface area contributed by atoms with Gasteiger partial charge in [-0.2, -0.15) is 0 Å². The molecule has 0 aromatic heterocycles. The van der Waals surface area contributed by atoms with Crippen molar-refractivity contribution in [3.63, 3.8) is 0 Å². The van der Waals surface area contributed by atoms with Crippen molar-refractivity contribution in [3.8, 4) is 0 Å². The zero-order chi connectivity index (χ0) is 20.3. The van der Waals surface area contributed by atoms with Crippen molar-refractivity contribution >= 4 is 11.9 Å². The molecule has 3 fully saturated rings. The van der Waals surface area contributed by atoms with Crippen LogP contribution in [0.2, 0.25) is 0 Å². The first-order valence-electron chi connectivity index (χ1n) is 10.5. The predicted molar refractivity (Wildman–Crippen MR) is 101 cm³/mol. The third kappa shape index (κ3) is 3.00. The quantitative estimate of drug-likeness (QED) is 0.743. The Morgan fingerprint density at radius 1 is 1.25 bits per heavy atom. The highest BCUT2D eigenvalue weighted by molar-refractivity contribution is 5.85. The number of aliphatic hydroxyl groups is 1. The highest BCUT2D eigenvalue weighted by Gasteiger charge is 2.64. The van der Waals surface area contributed by atoms with E-state index in [-0.39, 0.29) is 35.4 Å². The van der Waals surface area contributed by atoms with E-state index in [4.69, 9.17) is 14.2 Å². The van der Waals surface area contributed by atoms with E-state index in [1.54, 1.807) is 0 Å². The number of ether oxygens (including phenoxy) is 3. The summed E-state index contributed by atoms with van der Waals surface area (Å²) < 4.78 is 16.9. The smallest absolute Gasteiger partial charge is 0.333 e. The van der Waals surface area contributed by atoms with Crippen LogP contribution in [0.25, 0.3) is 0 Å². The van der Waals surface area contributed by atoms with Crippen LogP contribution >= 0.6 is 0 Å². The van der Waals surface area contributed by atoms with Crippen molar-refractivity contribution in [1.29, 1.82) is 0 Å². The second-order valence-electron chi connectivity index (χ2n) is 10.1. The number of cyclic esters (lactones) is 1. The van der Waals surface area contributed by atoms with Crippen molar-refractivity contribution in [2.45, 2.75) is 84.2 Å². The van der Waals surface area contributed by atoms with Gasteiger partial charge in [-0.15, -0.1) is 0 Å². The lowest BCUT2D eigenvalue weighted by Gasteiger charge is -2.60. The summed E-state index contributed by atoms with van der Waals surface area (Å²) in [6, 6.07) is 0. The van der Waals surface area contributed by atoms with E-state index in [1.165, 1.54) is 25.8 Å². The number of esters is 2. The molecule has 2 aliphatic carbocycles. The Morgan fingerprint density at radius 3 is 2.64 bits per heavy atom. The lowest BCUT2D eigenvalue weighted by Crippen LogP contribution is -2.58. The monoisotopic (exact) mass is 392 g/mol. The zero-order valence-corrected chi connectivity index (χ0v) is 17.3. The van der Waals surface area contributed by atoms with E-state index in [9.17, 15) is 14.7 Å². The molecule has 2 aliphatic heterocycles. The van der Waals surface area contributed by atoms with Gasteiger partial charge in [-0.1, -0.05) is 27.2 Å². The summed E-state index contributed by atoms with van der Waals surface area (Å²) in [5.74, 6) is -0.0636. The topological polar surface area (TPSA) is 82.1 Å². The summed E-state index contributed by atoms with van der Waals surface area (Å²) in [7, 11) is 0. The molecule has 6 nitrogen and oxygen atoms in total. The molecule has 1 N–H and O–H groups in total. The first-order valence-corrected chi connectivity index (χ1v) is 10.5. The molecule has 6 heteroatoms. The molecular weight excluding hydrogens is 360 g/mol. The Bertz CT molecular complexity index is 712. The fourth-order valence-corrected chi connectivity index (χ4v) is 6.94. The maximum atomic E-state index is 11.6. The molecule has 0 amide bonds. The second-order valence-corrected chi connectivity index (χ2v) is 10.1. The van der Waals surface area contributed by atoms with Crippen molar-refractivity contribution in [2.75, 3.05) is 6.61 Å². The number of carbonyl (C=O) groups excluding carboxylic acids is 2. The van der Waals surface area contributed by atoms with Gasteiger partial charge in [0.05, 0.1) is 6.10 Å². The Hall–Kier alpha value is -1.40. The highest BCUT2D eigenvalue weighted by Crippen LogP contribution is 2.66. The van der Waals surface area contributed by atoms with Gasteiger partial charge in [-0.3, -0.25) is 4.79 Å². The molecule has 4 rings (SSSR count). The van der Waals surface area contributed by atoms with Gasteiger partial charge in [0, 0.05) is 18.6 Å². The maximum Gasteiger partial charge on any atom is 0.333 e. The Labute approximate surface area is 166 Å². The van der Waals surface area contributed by atoms with Crippen molar-refractivity contribution < 1.29 is 28.9 Å².